The summed E-state index contributed by atoms with van der Waals surface area (Å²) in [4.78, 5) is 0. The summed E-state index contributed by atoms with van der Waals surface area (Å²) < 4.78 is 131. The van der Waals surface area contributed by atoms with Crippen LogP contribution in [0, 0.1) is 6.92 Å². The Labute approximate surface area is 254 Å². The van der Waals surface area contributed by atoms with Crippen LogP contribution < -0.4 is 8.75 Å². The summed E-state index contributed by atoms with van der Waals surface area (Å²) in [6.45, 7) is 1.51. The van der Waals surface area contributed by atoms with E-state index < -0.39 is 36.5 Å². The van der Waals surface area contributed by atoms with Gasteiger partial charge >= 0.3 is 26.4 Å². The number of nitrogens with zero attached hydrogens (tertiary/aromatic N) is 2. The molecule has 1 aromatic heterocycles. The zero-order chi connectivity index (χ0) is 34.2. The molecule has 244 valence electrons. The maximum Gasteiger partial charge on any atom is 0.488 e. The van der Waals surface area contributed by atoms with Crippen molar-refractivity contribution in [3.8, 4) is 11.5 Å². The van der Waals surface area contributed by atoms with Crippen molar-refractivity contribution in [1.29, 1.82) is 0 Å². The van der Waals surface area contributed by atoms with Crippen molar-refractivity contribution in [2.45, 2.75) is 12.4 Å². The number of halogens is 5. The fraction of sp³-hybridized carbons (Fsp3) is 0.115. The molecular formula is C26H23F5N2O9S3. The maximum absolute atomic E-state index is 12.4. The quantitative estimate of drug-likeness (QED) is 0.0924. The highest BCUT2D eigenvalue weighted by Crippen LogP contribution is 2.26. The van der Waals surface area contributed by atoms with E-state index in [0.717, 1.165) is 22.4 Å². The van der Waals surface area contributed by atoms with E-state index in [1.165, 1.54) is 23.8 Å². The number of aryl methyl sites for hydroxylation is 1. The Morgan fingerprint density at radius 3 is 1.62 bits per heavy atom. The van der Waals surface area contributed by atoms with Crippen molar-refractivity contribution in [1.82, 2.24) is 3.97 Å². The Hall–Kier alpha value is -4.33. The van der Waals surface area contributed by atoms with Gasteiger partial charge in [0.15, 0.2) is 15.9 Å². The largest absolute Gasteiger partial charge is 0.741 e. The third-order valence-electron chi connectivity index (χ3n) is 5.48. The Balaban J connectivity index is 0.000000215. The highest BCUT2D eigenvalue weighted by atomic mass is 32.3. The van der Waals surface area contributed by atoms with Crippen LogP contribution in [-0.4, -0.2) is 44.4 Å². The number of aromatic hydroxyl groups is 1. The van der Waals surface area contributed by atoms with Gasteiger partial charge in [0.05, 0.1) is 7.05 Å². The predicted octanol–water partition coefficient (Wildman–Crippen LogP) is 4.71. The Kier molecular flexibility index (Phi) is 12.0. The summed E-state index contributed by atoms with van der Waals surface area (Å²) in [5.74, 6) is 0.672. The SMILES string of the molecule is Cc1n(S(=O)(=O)F)cc[n+]1C.O=S(=O)(F)Oc1cccc2ccccc12.O=S(=O)([O-])C(F)(F)F.Oc1cccc2ccccc12. The van der Waals surface area contributed by atoms with Gasteiger partial charge in [0.2, 0.25) is 0 Å². The molecule has 0 bridgehead atoms. The lowest BCUT2D eigenvalue weighted by atomic mass is 10.1. The second kappa shape index (κ2) is 14.6. The summed E-state index contributed by atoms with van der Waals surface area (Å²) in [6.07, 6.45) is 2.62. The van der Waals surface area contributed by atoms with Crippen molar-refractivity contribution >= 4 is 52.6 Å². The van der Waals surface area contributed by atoms with Crippen LogP contribution in [0.2, 0.25) is 0 Å². The molecule has 4 aromatic carbocycles. The Bertz CT molecular complexity index is 2090. The second-order valence-electron chi connectivity index (χ2n) is 8.55. The maximum atomic E-state index is 12.4. The molecule has 1 N–H and O–H groups in total. The van der Waals surface area contributed by atoms with Crippen LogP contribution in [0.3, 0.4) is 0 Å². The second-order valence-corrected chi connectivity index (χ2v) is 12.1. The molecule has 19 heteroatoms. The van der Waals surface area contributed by atoms with Gasteiger partial charge in [-0.3, -0.25) is 0 Å². The molecule has 0 aliphatic carbocycles. The monoisotopic (exact) mass is 698 g/mol. The molecule has 0 saturated carbocycles. The van der Waals surface area contributed by atoms with E-state index in [1.807, 2.05) is 36.4 Å². The first-order chi connectivity index (χ1) is 20.6. The number of benzene rings is 4. The van der Waals surface area contributed by atoms with Crippen LogP contribution in [0.25, 0.3) is 21.5 Å². The standard InChI is InChI=1S/C10H7FO3S.C10H8O.C5H8FN2O2S.CHF3O3S/c11-15(12,13)14-10-7-3-5-8-4-1-2-6-9(8)10;11-10-7-3-5-8-4-1-2-6-9(8)10;1-5-7(2)3-4-8(5)11(6,9)10;2-1(3,4)8(5,6)7/h1-7H;1-7,11H;3-4H,1-2H3;(H,5,6,7)/q;;+1;/p-1. The normalized spacial score (nSPS) is 11.7. The van der Waals surface area contributed by atoms with E-state index in [4.69, 9.17) is 13.0 Å². The number of fused-ring (bicyclic) bond motifs is 2. The van der Waals surface area contributed by atoms with Gasteiger partial charge < -0.3 is 13.8 Å². The third-order valence-corrected chi connectivity index (χ3v) is 7.28. The molecule has 0 radical (unpaired) electrons. The van der Waals surface area contributed by atoms with Crippen LogP contribution in [0.5, 0.6) is 11.5 Å². The smallest absolute Gasteiger partial charge is 0.488 e. The van der Waals surface area contributed by atoms with Crippen molar-refractivity contribution in [3.05, 3.63) is 103 Å². The van der Waals surface area contributed by atoms with Gasteiger partial charge in [-0.15, -0.1) is 0 Å². The molecule has 5 aromatic rings. The first-order valence-electron chi connectivity index (χ1n) is 11.9. The third kappa shape index (κ3) is 11.3. The van der Waals surface area contributed by atoms with Crippen LogP contribution in [0.4, 0.5) is 20.9 Å². The molecule has 5 rings (SSSR count). The number of alkyl halides is 3. The van der Waals surface area contributed by atoms with Gasteiger partial charge in [0, 0.05) is 17.7 Å². The lowest BCUT2D eigenvalue weighted by molar-refractivity contribution is -0.676. The van der Waals surface area contributed by atoms with Gasteiger partial charge in [-0.05, 0) is 22.9 Å². The highest BCUT2D eigenvalue weighted by Gasteiger charge is 2.36. The van der Waals surface area contributed by atoms with Crippen LogP contribution in [-0.2, 0) is 38.1 Å². The zero-order valence-corrected chi connectivity index (χ0v) is 25.4. The average Bonchev–Trinajstić information content (AvgIpc) is 3.27. The predicted molar refractivity (Wildman–Crippen MR) is 152 cm³/mol. The van der Waals surface area contributed by atoms with E-state index in [0.29, 0.717) is 20.9 Å². The first-order valence-corrected chi connectivity index (χ1v) is 16.0. The molecular weight excluding hydrogens is 675 g/mol. The van der Waals surface area contributed by atoms with Gasteiger partial charge in [-0.1, -0.05) is 84.5 Å². The van der Waals surface area contributed by atoms with E-state index in [9.17, 15) is 42.9 Å². The number of aromatic nitrogens is 2. The van der Waals surface area contributed by atoms with E-state index in [2.05, 4.69) is 4.18 Å². The molecule has 0 saturated heterocycles. The molecule has 0 aliphatic rings. The summed E-state index contributed by atoms with van der Waals surface area (Å²) in [6, 6.07) is 25.0. The lowest BCUT2D eigenvalue weighted by Gasteiger charge is -2.08. The molecule has 0 fully saturated rings. The lowest BCUT2D eigenvalue weighted by Crippen LogP contribution is -2.30. The number of phenolic OH excluding ortho intramolecular Hbond substituents is 1. The first kappa shape index (κ1) is 36.9. The molecule has 0 atom stereocenters. The average molecular weight is 699 g/mol. The van der Waals surface area contributed by atoms with Crippen LogP contribution in [0.1, 0.15) is 5.82 Å². The minimum Gasteiger partial charge on any atom is -0.741 e. The van der Waals surface area contributed by atoms with Gasteiger partial charge in [0.1, 0.15) is 18.1 Å². The van der Waals surface area contributed by atoms with Crippen molar-refractivity contribution in [2.24, 2.45) is 7.05 Å². The van der Waals surface area contributed by atoms with Gasteiger partial charge in [-0.2, -0.15) is 30.0 Å². The zero-order valence-electron chi connectivity index (χ0n) is 23.0. The van der Waals surface area contributed by atoms with E-state index in [1.54, 1.807) is 49.5 Å². The number of imidazole rings is 1. The van der Waals surface area contributed by atoms with Crippen LogP contribution >= 0.6 is 0 Å². The molecule has 1 heterocycles. The van der Waals surface area contributed by atoms with Gasteiger partial charge in [-0.25, -0.2) is 13.0 Å². The van der Waals surface area contributed by atoms with Gasteiger partial charge in [0.25, 0.3) is 5.82 Å². The molecule has 11 nitrogen and oxygen atoms in total. The topological polar surface area (TPSA) is 164 Å². The number of hydrogen-bond acceptors (Lipinski definition) is 9. The summed E-state index contributed by atoms with van der Waals surface area (Å²) in [7, 11) is -14.0. The Morgan fingerprint density at radius 1 is 0.778 bits per heavy atom. The number of rotatable bonds is 3. The molecule has 0 unspecified atom stereocenters. The highest BCUT2D eigenvalue weighted by molar-refractivity contribution is 7.86. The molecule has 45 heavy (non-hydrogen) atoms. The summed E-state index contributed by atoms with van der Waals surface area (Å²) in [5, 5.41) is 12.7. The van der Waals surface area contributed by atoms with Crippen molar-refractivity contribution < 1.29 is 64.6 Å². The fourth-order valence-electron chi connectivity index (χ4n) is 3.35. The van der Waals surface area contributed by atoms with Crippen molar-refractivity contribution in [3.63, 3.8) is 0 Å². The fourth-order valence-corrected chi connectivity index (χ4v) is 4.35. The van der Waals surface area contributed by atoms with Crippen LogP contribution in [0.15, 0.2) is 97.3 Å². The molecule has 0 spiro atoms. The molecule has 0 aliphatic heterocycles. The number of phenols is 1. The van der Waals surface area contributed by atoms with Crippen molar-refractivity contribution in [2.75, 3.05) is 0 Å². The summed E-state index contributed by atoms with van der Waals surface area (Å²) in [5.41, 5.74) is -5.65. The summed E-state index contributed by atoms with van der Waals surface area (Å²) >= 11 is 0. The number of hydrogen-bond donors (Lipinski definition) is 1. The minimum absolute atomic E-state index is 0.00407. The minimum atomic E-state index is -6.09. The molecule has 0 amide bonds. The van der Waals surface area contributed by atoms with E-state index in [-0.39, 0.29) is 5.75 Å². The Morgan fingerprint density at radius 2 is 1.22 bits per heavy atom. The van der Waals surface area contributed by atoms with E-state index >= 15 is 0 Å².